The van der Waals surface area contributed by atoms with Crippen molar-refractivity contribution in [2.24, 2.45) is 0 Å². The second-order valence-corrected chi connectivity index (χ2v) is 12.4. The van der Waals surface area contributed by atoms with Crippen molar-refractivity contribution < 1.29 is 45.2 Å². The average Bonchev–Trinajstić information content (AvgIpc) is 3.72. The topological polar surface area (TPSA) is 94.5 Å². The van der Waals surface area contributed by atoms with E-state index in [1.54, 1.807) is 26.8 Å². The van der Waals surface area contributed by atoms with Crippen molar-refractivity contribution in [2.45, 2.75) is 76.1 Å². The van der Waals surface area contributed by atoms with Crippen LogP contribution in [0.1, 0.15) is 88.5 Å². The van der Waals surface area contributed by atoms with Crippen LogP contribution in [0.15, 0.2) is 36.7 Å². The molecule has 1 aliphatic carbocycles. The summed E-state index contributed by atoms with van der Waals surface area (Å²) < 4.78 is 93.4. The molecule has 1 atom stereocenters. The van der Waals surface area contributed by atoms with Crippen molar-refractivity contribution in [1.82, 2.24) is 19.9 Å². The molecule has 6 rings (SSSR count). The minimum Gasteiger partial charge on any atom is -0.399 e. The number of halogens is 7. The van der Waals surface area contributed by atoms with Crippen LogP contribution in [-0.4, -0.2) is 50.0 Å². The maximum absolute atomic E-state index is 14.2. The number of hydrogen-bond donors (Lipinski definition) is 0. The molecule has 2 fully saturated rings. The Balaban J connectivity index is 1.24. The largest absolute Gasteiger partial charge is 0.498 e. The zero-order valence-electron chi connectivity index (χ0n) is 24.0. The SMILES string of the molecule is CC1(C)OB(c2cnc(C(F)(F)F)nc2)OC1(C)Cc1ccc2c(c1)C(=O)N(Cc1cc(Cl)nc(C3CC3)c1C(F)(F)F)C2=O. The van der Waals surface area contributed by atoms with Gasteiger partial charge in [0.2, 0.25) is 5.82 Å². The molecule has 1 saturated heterocycles. The second kappa shape index (κ2) is 10.5. The van der Waals surface area contributed by atoms with Crippen LogP contribution in [0.4, 0.5) is 26.3 Å². The van der Waals surface area contributed by atoms with E-state index in [0.29, 0.717) is 18.4 Å². The minimum atomic E-state index is -4.77. The van der Waals surface area contributed by atoms with Crippen molar-refractivity contribution in [3.05, 3.63) is 81.1 Å². The van der Waals surface area contributed by atoms with Crippen molar-refractivity contribution in [1.29, 1.82) is 0 Å². The lowest BCUT2D eigenvalue weighted by Gasteiger charge is -2.36. The Hall–Kier alpha value is -3.56. The van der Waals surface area contributed by atoms with E-state index < -0.39 is 60.4 Å². The Morgan fingerprint density at radius 1 is 0.956 bits per heavy atom. The number of benzene rings is 1. The highest BCUT2D eigenvalue weighted by molar-refractivity contribution is 6.61. The van der Waals surface area contributed by atoms with Gasteiger partial charge in [-0.05, 0) is 62.9 Å². The summed E-state index contributed by atoms with van der Waals surface area (Å²) in [5, 5.41) is -0.158. The highest BCUT2D eigenvalue weighted by Crippen LogP contribution is 2.47. The summed E-state index contributed by atoms with van der Waals surface area (Å²) in [4.78, 5) is 38.1. The molecule has 236 valence electrons. The van der Waals surface area contributed by atoms with Gasteiger partial charge in [0.25, 0.3) is 11.8 Å². The molecule has 2 aromatic heterocycles. The summed E-state index contributed by atoms with van der Waals surface area (Å²) in [5.74, 6) is -3.20. The van der Waals surface area contributed by atoms with Crippen molar-refractivity contribution in [3.8, 4) is 0 Å². The first-order valence-electron chi connectivity index (χ1n) is 13.9. The van der Waals surface area contributed by atoms with Gasteiger partial charge < -0.3 is 9.31 Å². The van der Waals surface area contributed by atoms with E-state index in [2.05, 4.69) is 15.0 Å². The normalized spacial score (nSPS) is 21.6. The number of fused-ring (bicyclic) bond motifs is 1. The van der Waals surface area contributed by atoms with Gasteiger partial charge >= 0.3 is 19.5 Å². The fraction of sp³-hybridized carbons (Fsp3) is 0.414. The molecule has 2 aliphatic heterocycles. The maximum Gasteiger partial charge on any atom is 0.498 e. The molecule has 2 amide bonds. The van der Waals surface area contributed by atoms with Gasteiger partial charge in [-0.1, -0.05) is 17.7 Å². The van der Waals surface area contributed by atoms with Crippen LogP contribution in [0.25, 0.3) is 0 Å². The number of pyridine rings is 1. The molecule has 3 aromatic rings. The van der Waals surface area contributed by atoms with Gasteiger partial charge in [-0.25, -0.2) is 15.0 Å². The van der Waals surface area contributed by atoms with Crippen molar-refractivity contribution in [3.63, 3.8) is 0 Å². The van der Waals surface area contributed by atoms with Crippen LogP contribution in [-0.2, 0) is 34.6 Å². The molecule has 4 heterocycles. The van der Waals surface area contributed by atoms with Crippen LogP contribution in [0.2, 0.25) is 5.15 Å². The number of rotatable bonds is 6. The van der Waals surface area contributed by atoms with E-state index in [-0.39, 0.29) is 45.3 Å². The molecule has 0 bridgehead atoms. The first-order valence-corrected chi connectivity index (χ1v) is 14.3. The molecule has 1 saturated carbocycles. The third-order valence-electron chi connectivity index (χ3n) is 8.49. The third kappa shape index (κ3) is 5.70. The summed E-state index contributed by atoms with van der Waals surface area (Å²) in [6, 6.07) is 5.54. The second-order valence-electron chi connectivity index (χ2n) is 12.0. The van der Waals surface area contributed by atoms with Crippen molar-refractivity contribution in [2.75, 3.05) is 0 Å². The Kier molecular flexibility index (Phi) is 7.33. The molecule has 8 nitrogen and oxygen atoms in total. The summed E-state index contributed by atoms with van der Waals surface area (Å²) in [6.07, 6.45) is -6.31. The minimum absolute atomic E-state index is 0.0154. The first-order chi connectivity index (χ1) is 20.9. The summed E-state index contributed by atoms with van der Waals surface area (Å²) in [7, 11) is -1.09. The molecule has 0 N–H and O–H groups in total. The van der Waals surface area contributed by atoms with Crippen LogP contribution < -0.4 is 5.46 Å². The number of nitrogens with zero attached hydrogens (tertiary/aromatic N) is 4. The monoisotopic (exact) mass is 652 g/mol. The van der Waals surface area contributed by atoms with E-state index in [1.165, 1.54) is 12.1 Å². The summed E-state index contributed by atoms with van der Waals surface area (Å²) >= 11 is 6.06. The number of aromatic nitrogens is 3. The van der Waals surface area contributed by atoms with E-state index in [9.17, 15) is 35.9 Å². The number of carbonyl (C=O) groups excluding carboxylic acids is 2. The number of imide groups is 1. The molecule has 1 aromatic carbocycles. The van der Waals surface area contributed by atoms with E-state index >= 15 is 0 Å². The molecule has 3 aliphatic rings. The van der Waals surface area contributed by atoms with Crippen LogP contribution in [0.5, 0.6) is 0 Å². The van der Waals surface area contributed by atoms with Gasteiger partial charge in [-0.2, -0.15) is 26.3 Å². The fourth-order valence-corrected chi connectivity index (χ4v) is 5.85. The highest BCUT2D eigenvalue weighted by Gasteiger charge is 2.55. The lowest BCUT2D eigenvalue weighted by atomic mass is 9.81. The number of carbonyl (C=O) groups is 2. The van der Waals surface area contributed by atoms with E-state index in [4.69, 9.17) is 20.9 Å². The lowest BCUT2D eigenvalue weighted by Crippen LogP contribution is -2.46. The Bertz CT molecular complexity index is 1710. The molecule has 1 unspecified atom stereocenters. The number of alkyl halides is 6. The highest BCUT2D eigenvalue weighted by atomic mass is 35.5. The standard InChI is InChI=1S/C29H24BClF6N4O4/c1-26(2)27(3,45-30(44-26)17-11-38-25(39-12-17)29(35,36)37)10-14-4-7-18-19(8-14)24(43)41(23(18)42)13-16-9-20(31)40-22(15-5-6-15)21(16)28(32,33)34/h4,7-9,11-12,15H,5-6,10,13H2,1-3H3. The molecular formula is C29H24BClF6N4O4. The number of hydrogen-bond acceptors (Lipinski definition) is 7. The van der Waals surface area contributed by atoms with E-state index in [1.807, 2.05) is 0 Å². The first kappa shape index (κ1) is 31.4. The van der Waals surface area contributed by atoms with Gasteiger partial charge in [0.05, 0.1) is 40.1 Å². The lowest BCUT2D eigenvalue weighted by molar-refractivity contribution is -0.145. The predicted octanol–water partition coefficient (Wildman–Crippen LogP) is 5.76. The summed E-state index contributed by atoms with van der Waals surface area (Å²) in [5.41, 5.74) is -2.76. The predicted molar refractivity (Wildman–Crippen MR) is 148 cm³/mol. The number of amides is 2. The average molecular weight is 653 g/mol. The fourth-order valence-electron chi connectivity index (χ4n) is 5.63. The smallest absolute Gasteiger partial charge is 0.399 e. The Morgan fingerprint density at radius 2 is 1.60 bits per heavy atom. The van der Waals surface area contributed by atoms with Gasteiger partial charge in [0.1, 0.15) is 5.15 Å². The zero-order chi connectivity index (χ0) is 32.7. The van der Waals surface area contributed by atoms with Gasteiger partial charge in [-0.3, -0.25) is 14.5 Å². The van der Waals surface area contributed by atoms with Crippen LogP contribution >= 0.6 is 11.6 Å². The Labute approximate surface area is 258 Å². The molecule has 0 spiro atoms. The van der Waals surface area contributed by atoms with Crippen LogP contribution in [0, 0.1) is 0 Å². The molecule has 16 heteroatoms. The zero-order valence-corrected chi connectivity index (χ0v) is 24.8. The Morgan fingerprint density at radius 3 is 2.20 bits per heavy atom. The molecule has 0 radical (unpaired) electrons. The molecule has 45 heavy (non-hydrogen) atoms. The summed E-state index contributed by atoms with van der Waals surface area (Å²) in [6.45, 7) is 4.55. The van der Waals surface area contributed by atoms with Gasteiger partial charge in [0.15, 0.2) is 0 Å². The molecular weight excluding hydrogens is 629 g/mol. The quantitative estimate of drug-likeness (QED) is 0.145. The third-order valence-corrected chi connectivity index (χ3v) is 8.68. The van der Waals surface area contributed by atoms with Crippen LogP contribution in [0.3, 0.4) is 0 Å². The maximum atomic E-state index is 14.2. The van der Waals surface area contributed by atoms with E-state index in [0.717, 1.165) is 23.4 Å². The van der Waals surface area contributed by atoms with Gasteiger partial charge in [-0.15, -0.1) is 0 Å². The van der Waals surface area contributed by atoms with Crippen molar-refractivity contribution >= 4 is 36.0 Å². The van der Waals surface area contributed by atoms with Gasteiger partial charge in [0, 0.05) is 30.2 Å².